The largest absolute Gasteiger partial charge is 0.356 e. The lowest BCUT2D eigenvalue weighted by molar-refractivity contribution is 0.721. The fourth-order valence-corrected chi connectivity index (χ4v) is 2.42. The van der Waals surface area contributed by atoms with E-state index in [-0.39, 0.29) is 0 Å². The molecule has 2 aromatic carbocycles. The van der Waals surface area contributed by atoms with Crippen LogP contribution in [0.4, 0.5) is 11.4 Å². The summed E-state index contributed by atoms with van der Waals surface area (Å²) < 4.78 is 0. The fraction of sp³-hybridized carbons (Fsp3) is 0.200. The summed E-state index contributed by atoms with van der Waals surface area (Å²) in [5.74, 6) is 0. The third-order valence-corrected chi connectivity index (χ3v) is 3.23. The lowest BCUT2D eigenvalue weighted by Gasteiger charge is -2.08. The van der Waals surface area contributed by atoms with E-state index in [2.05, 4.69) is 35.6 Å². The van der Waals surface area contributed by atoms with Crippen LogP contribution in [0.25, 0.3) is 0 Å². The quantitative estimate of drug-likeness (QED) is 0.823. The van der Waals surface area contributed by atoms with Crippen LogP contribution < -0.4 is 11.1 Å². The van der Waals surface area contributed by atoms with Crippen molar-refractivity contribution in [3.8, 4) is 0 Å². The van der Waals surface area contributed by atoms with Gasteiger partial charge in [0, 0.05) is 17.4 Å². The molecule has 3 rings (SSSR count). The lowest BCUT2D eigenvalue weighted by Crippen LogP contribution is -2.18. The van der Waals surface area contributed by atoms with Crippen LogP contribution in [0.15, 0.2) is 48.5 Å². The van der Waals surface area contributed by atoms with Gasteiger partial charge >= 0.3 is 0 Å². The number of nitrogens with two attached hydrogens (primary N) is 1. The van der Waals surface area contributed by atoms with Crippen LogP contribution in [0.2, 0.25) is 0 Å². The first-order chi connectivity index (χ1) is 8.31. The first kappa shape index (κ1) is 10.4. The molecule has 1 aliphatic rings. The number of rotatable bonds is 2. The van der Waals surface area contributed by atoms with E-state index in [9.17, 15) is 0 Å². The zero-order valence-corrected chi connectivity index (χ0v) is 9.69. The lowest BCUT2D eigenvalue weighted by atomic mass is 10.1. The summed E-state index contributed by atoms with van der Waals surface area (Å²) in [5.41, 5.74) is 11.0. The van der Waals surface area contributed by atoms with Crippen molar-refractivity contribution in [1.82, 2.24) is 0 Å². The second kappa shape index (κ2) is 4.22. The number of anilines is 2. The molecule has 0 saturated heterocycles. The molecular weight excluding hydrogens is 208 g/mol. The van der Waals surface area contributed by atoms with Gasteiger partial charge in [-0.15, -0.1) is 0 Å². The van der Waals surface area contributed by atoms with E-state index in [1.807, 2.05) is 18.2 Å². The van der Waals surface area contributed by atoms with Crippen molar-refractivity contribution >= 4 is 11.4 Å². The Morgan fingerprint density at radius 1 is 0.882 bits per heavy atom. The number of nitrogens with one attached hydrogen (secondary N) is 1. The molecule has 3 N–H and O–H groups in total. The van der Waals surface area contributed by atoms with Gasteiger partial charge in [0.2, 0.25) is 0 Å². The molecule has 0 radical (unpaired) electrons. The van der Waals surface area contributed by atoms with Crippen LogP contribution in [0, 0.1) is 0 Å². The molecule has 1 unspecified atom stereocenters. The second-order valence-corrected chi connectivity index (χ2v) is 4.64. The minimum absolute atomic E-state index is 0.303. The van der Waals surface area contributed by atoms with Crippen LogP contribution in [0.3, 0.4) is 0 Å². The van der Waals surface area contributed by atoms with Gasteiger partial charge in [0.25, 0.3) is 0 Å². The van der Waals surface area contributed by atoms with Gasteiger partial charge in [0.05, 0.1) is 0 Å². The number of hydrogen-bond donors (Lipinski definition) is 2. The standard InChI is InChI=1S/C15H16N2/c16-13-8-11-6-7-15(10-12(11)9-13)17-14-4-2-1-3-5-14/h1-7,10,13,17H,8-9,16H2. The molecule has 2 heteroatoms. The Morgan fingerprint density at radius 3 is 2.47 bits per heavy atom. The van der Waals surface area contributed by atoms with E-state index in [1.165, 1.54) is 11.1 Å². The molecule has 1 aliphatic carbocycles. The monoisotopic (exact) mass is 224 g/mol. The fourth-order valence-electron chi connectivity index (χ4n) is 2.42. The summed E-state index contributed by atoms with van der Waals surface area (Å²) in [5, 5.41) is 3.41. The Labute approximate surface area is 101 Å². The molecule has 17 heavy (non-hydrogen) atoms. The smallest absolute Gasteiger partial charge is 0.0387 e. The van der Waals surface area contributed by atoms with Crippen LogP contribution >= 0.6 is 0 Å². The molecule has 2 nitrogen and oxygen atoms in total. The van der Waals surface area contributed by atoms with Crippen molar-refractivity contribution in [2.24, 2.45) is 5.73 Å². The van der Waals surface area contributed by atoms with Gasteiger partial charge in [-0.2, -0.15) is 0 Å². The topological polar surface area (TPSA) is 38.0 Å². The molecule has 0 saturated carbocycles. The Bertz CT molecular complexity index is 520. The Balaban J connectivity index is 1.84. The molecule has 0 amide bonds. The molecule has 0 fully saturated rings. The summed E-state index contributed by atoms with van der Waals surface area (Å²) in [6.07, 6.45) is 2.01. The van der Waals surface area contributed by atoms with E-state index in [0.717, 1.165) is 24.2 Å². The highest BCUT2D eigenvalue weighted by Gasteiger charge is 2.17. The molecule has 0 spiro atoms. The maximum atomic E-state index is 5.97. The van der Waals surface area contributed by atoms with Gasteiger partial charge in [-0.1, -0.05) is 24.3 Å². The minimum Gasteiger partial charge on any atom is -0.356 e. The highest BCUT2D eigenvalue weighted by atomic mass is 14.9. The molecule has 0 aromatic heterocycles. The van der Waals surface area contributed by atoms with Crippen LogP contribution in [0.5, 0.6) is 0 Å². The van der Waals surface area contributed by atoms with Gasteiger partial charge in [-0.05, 0) is 48.2 Å². The van der Waals surface area contributed by atoms with Crippen molar-refractivity contribution in [2.45, 2.75) is 18.9 Å². The molecule has 0 bridgehead atoms. The van der Waals surface area contributed by atoms with E-state index in [4.69, 9.17) is 5.73 Å². The van der Waals surface area contributed by atoms with E-state index in [1.54, 1.807) is 0 Å². The van der Waals surface area contributed by atoms with Crippen molar-refractivity contribution in [1.29, 1.82) is 0 Å². The number of fused-ring (bicyclic) bond motifs is 1. The van der Waals surface area contributed by atoms with Crippen molar-refractivity contribution in [3.63, 3.8) is 0 Å². The predicted molar refractivity (Wildman–Crippen MR) is 71.6 cm³/mol. The number of benzene rings is 2. The third kappa shape index (κ3) is 2.17. The summed E-state index contributed by atoms with van der Waals surface area (Å²) >= 11 is 0. The molecule has 86 valence electrons. The van der Waals surface area contributed by atoms with Crippen LogP contribution in [-0.2, 0) is 12.8 Å². The first-order valence-corrected chi connectivity index (χ1v) is 6.01. The Hall–Kier alpha value is -1.80. The normalized spacial score (nSPS) is 17.8. The molecular formula is C15H16N2. The maximum Gasteiger partial charge on any atom is 0.0387 e. The predicted octanol–water partition coefficient (Wildman–Crippen LogP) is 2.86. The third-order valence-electron chi connectivity index (χ3n) is 3.23. The summed E-state index contributed by atoms with van der Waals surface area (Å²) in [6, 6.07) is 17.1. The van der Waals surface area contributed by atoms with Gasteiger partial charge in [0.15, 0.2) is 0 Å². The molecule has 0 heterocycles. The number of hydrogen-bond acceptors (Lipinski definition) is 2. The van der Waals surface area contributed by atoms with E-state index in [0.29, 0.717) is 6.04 Å². The zero-order valence-electron chi connectivity index (χ0n) is 9.69. The highest BCUT2D eigenvalue weighted by Crippen LogP contribution is 2.26. The number of para-hydroxylation sites is 1. The van der Waals surface area contributed by atoms with Crippen LogP contribution in [-0.4, -0.2) is 6.04 Å². The molecule has 2 aromatic rings. The molecule has 0 aliphatic heterocycles. The highest BCUT2D eigenvalue weighted by molar-refractivity contribution is 5.61. The SMILES string of the molecule is NC1Cc2ccc(Nc3ccccc3)cc2C1. The Kier molecular flexibility index (Phi) is 2.57. The minimum atomic E-state index is 0.303. The van der Waals surface area contributed by atoms with E-state index >= 15 is 0 Å². The average molecular weight is 224 g/mol. The van der Waals surface area contributed by atoms with Crippen molar-refractivity contribution in [3.05, 3.63) is 59.7 Å². The second-order valence-electron chi connectivity index (χ2n) is 4.64. The van der Waals surface area contributed by atoms with E-state index < -0.39 is 0 Å². The molecule has 1 atom stereocenters. The van der Waals surface area contributed by atoms with Gasteiger partial charge in [0.1, 0.15) is 0 Å². The first-order valence-electron chi connectivity index (χ1n) is 6.01. The van der Waals surface area contributed by atoms with Gasteiger partial charge < -0.3 is 11.1 Å². The van der Waals surface area contributed by atoms with Crippen LogP contribution in [0.1, 0.15) is 11.1 Å². The van der Waals surface area contributed by atoms with Gasteiger partial charge in [-0.25, -0.2) is 0 Å². The van der Waals surface area contributed by atoms with Crippen molar-refractivity contribution < 1.29 is 0 Å². The summed E-state index contributed by atoms with van der Waals surface area (Å²) in [6.45, 7) is 0. The average Bonchev–Trinajstić information content (AvgIpc) is 2.70. The Morgan fingerprint density at radius 2 is 1.65 bits per heavy atom. The summed E-state index contributed by atoms with van der Waals surface area (Å²) in [7, 11) is 0. The van der Waals surface area contributed by atoms with Crippen molar-refractivity contribution in [2.75, 3.05) is 5.32 Å². The van der Waals surface area contributed by atoms with Gasteiger partial charge in [-0.3, -0.25) is 0 Å². The maximum absolute atomic E-state index is 5.97. The summed E-state index contributed by atoms with van der Waals surface area (Å²) in [4.78, 5) is 0. The zero-order chi connectivity index (χ0) is 11.7.